The largest absolute Gasteiger partial charge is 0.495 e. The number of sulfone groups is 1. The van der Waals surface area contributed by atoms with Crippen molar-refractivity contribution in [3.63, 3.8) is 0 Å². The Bertz CT molecular complexity index is 1410. The van der Waals surface area contributed by atoms with Crippen molar-refractivity contribution in [3.05, 3.63) is 77.4 Å². The Morgan fingerprint density at radius 3 is 1.81 bits per heavy atom. The van der Waals surface area contributed by atoms with E-state index < -0.39 is 9.84 Å². The summed E-state index contributed by atoms with van der Waals surface area (Å²) in [5, 5.41) is 9.01. The molecular formula is C29H32N4O3S. The van der Waals surface area contributed by atoms with E-state index in [1.807, 2.05) is 48.5 Å². The molecule has 1 fully saturated rings. The molecule has 2 aliphatic rings. The lowest BCUT2D eigenvalue weighted by atomic mass is 10.0. The Morgan fingerprint density at radius 1 is 0.784 bits per heavy atom. The van der Waals surface area contributed by atoms with E-state index in [0.717, 1.165) is 74.6 Å². The van der Waals surface area contributed by atoms with Crippen LogP contribution in [0.15, 0.2) is 70.5 Å². The van der Waals surface area contributed by atoms with Gasteiger partial charge in [0, 0.05) is 50.6 Å². The fraction of sp³-hybridized carbons (Fsp3) is 0.345. The Hall–Kier alpha value is -3.54. The first-order valence-corrected chi connectivity index (χ1v) is 14.1. The minimum Gasteiger partial charge on any atom is -0.495 e. The van der Waals surface area contributed by atoms with Crippen molar-refractivity contribution in [2.24, 2.45) is 0 Å². The standard InChI is InChI=1S/C29H32N4O3S/c1-31-13-11-23-19-28(36-2)29(20-24(23)12-14-31)37(34,35)27-9-7-26(8-10-27)33-17-15-32(16-18-33)25-5-3-22(21-30)4-6-25/h3-10,19-20H,11-18H2,1-2H3. The molecule has 0 bridgehead atoms. The molecule has 0 atom stereocenters. The monoisotopic (exact) mass is 516 g/mol. The number of piperazine rings is 1. The van der Waals surface area contributed by atoms with E-state index in [0.29, 0.717) is 11.3 Å². The highest BCUT2D eigenvalue weighted by molar-refractivity contribution is 7.91. The highest BCUT2D eigenvalue weighted by Gasteiger charge is 2.26. The summed E-state index contributed by atoms with van der Waals surface area (Å²) in [7, 11) is -0.103. The predicted molar refractivity (Wildman–Crippen MR) is 145 cm³/mol. The van der Waals surface area contributed by atoms with Gasteiger partial charge in [0.1, 0.15) is 10.6 Å². The zero-order valence-electron chi connectivity index (χ0n) is 21.4. The molecular weight excluding hydrogens is 484 g/mol. The van der Waals surface area contributed by atoms with E-state index >= 15 is 0 Å². The van der Waals surface area contributed by atoms with E-state index in [4.69, 9.17) is 10.00 Å². The topological polar surface area (TPSA) is 76.9 Å². The van der Waals surface area contributed by atoms with Crippen molar-refractivity contribution >= 4 is 21.2 Å². The van der Waals surface area contributed by atoms with Crippen molar-refractivity contribution in [2.75, 3.05) is 63.2 Å². The second-order valence-corrected chi connectivity index (χ2v) is 11.6. The first-order valence-electron chi connectivity index (χ1n) is 12.6. The SMILES string of the molecule is COc1cc2c(cc1S(=O)(=O)c1ccc(N3CCN(c4ccc(C#N)cc4)CC3)cc1)CCN(C)CC2. The average molecular weight is 517 g/mol. The maximum atomic E-state index is 13.7. The summed E-state index contributed by atoms with van der Waals surface area (Å²) in [4.78, 5) is 7.36. The Morgan fingerprint density at radius 2 is 1.30 bits per heavy atom. The average Bonchev–Trinajstić information content (AvgIpc) is 3.13. The smallest absolute Gasteiger partial charge is 0.210 e. The second kappa shape index (κ2) is 10.4. The maximum absolute atomic E-state index is 13.7. The van der Waals surface area contributed by atoms with Gasteiger partial charge in [-0.3, -0.25) is 0 Å². The summed E-state index contributed by atoms with van der Waals surface area (Å²) in [5.74, 6) is 0.409. The fourth-order valence-corrected chi connectivity index (χ4v) is 6.60. The number of benzene rings is 3. The third kappa shape index (κ3) is 5.15. The summed E-state index contributed by atoms with van der Waals surface area (Å²) in [6.45, 7) is 5.23. The molecule has 0 radical (unpaired) electrons. The Balaban J connectivity index is 1.32. The number of hydrogen-bond donors (Lipinski definition) is 0. The summed E-state index contributed by atoms with van der Waals surface area (Å²) in [5.41, 5.74) is 5.03. The minimum absolute atomic E-state index is 0.238. The van der Waals surface area contributed by atoms with Crippen LogP contribution in [0, 0.1) is 11.3 Å². The van der Waals surface area contributed by atoms with Gasteiger partial charge in [-0.05, 0) is 91.7 Å². The lowest BCUT2D eigenvalue weighted by Crippen LogP contribution is -2.46. The van der Waals surface area contributed by atoms with E-state index in [9.17, 15) is 8.42 Å². The van der Waals surface area contributed by atoms with Gasteiger partial charge in [-0.2, -0.15) is 5.26 Å². The van der Waals surface area contributed by atoms with Crippen molar-refractivity contribution < 1.29 is 13.2 Å². The molecule has 2 aliphatic heterocycles. The summed E-state index contributed by atoms with van der Waals surface area (Å²) >= 11 is 0. The summed E-state index contributed by atoms with van der Waals surface area (Å²) < 4.78 is 32.8. The van der Waals surface area contributed by atoms with Crippen LogP contribution in [0.4, 0.5) is 11.4 Å². The number of nitrogens with zero attached hydrogens (tertiary/aromatic N) is 4. The van der Waals surface area contributed by atoms with Crippen molar-refractivity contribution in [1.82, 2.24) is 4.90 Å². The van der Waals surface area contributed by atoms with Crippen molar-refractivity contribution in [3.8, 4) is 11.8 Å². The number of anilines is 2. The molecule has 0 aliphatic carbocycles. The molecule has 7 nitrogen and oxygen atoms in total. The normalized spacial score (nSPS) is 16.6. The molecule has 0 saturated carbocycles. The molecule has 0 amide bonds. The molecule has 0 unspecified atom stereocenters. The van der Waals surface area contributed by atoms with Gasteiger partial charge >= 0.3 is 0 Å². The van der Waals surface area contributed by atoms with Crippen LogP contribution in [-0.2, 0) is 22.7 Å². The molecule has 2 heterocycles. The van der Waals surface area contributed by atoms with Gasteiger partial charge < -0.3 is 19.4 Å². The van der Waals surface area contributed by atoms with Crippen LogP contribution >= 0.6 is 0 Å². The highest BCUT2D eigenvalue weighted by Crippen LogP contribution is 2.34. The molecule has 1 saturated heterocycles. The molecule has 192 valence electrons. The molecule has 3 aromatic rings. The van der Waals surface area contributed by atoms with Gasteiger partial charge in [0.15, 0.2) is 0 Å². The van der Waals surface area contributed by atoms with Gasteiger partial charge in [0.2, 0.25) is 9.84 Å². The van der Waals surface area contributed by atoms with Crippen LogP contribution in [0.5, 0.6) is 5.75 Å². The maximum Gasteiger partial charge on any atom is 0.210 e. The van der Waals surface area contributed by atoms with Crippen molar-refractivity contribution in [2.45, 2.75) is 22.6 Å². The van der Waals surface area contributed by atoms with Gasteiger partial charge in [-0.25, -0.2) is 8.42 Å². The summed E-state index contributed by atoms with van der Waals surface area (Å²) in [6, 6.07) is 20.8. The van der Waals surface area contributed by atoms with E-state index in [1.165, 1.54) is 7.11 Å². The quantitative estimate of drug-likeness (QED) is 0.511. The van der Waals surface area contributed by atoms with E-state index in [-0.39, 0.29) is 9.79 Å². The van der Waals surface area contributed by atoms with Crippen LogP contribution < -0.4 is 14.5 Å². The van der Waals surface area contributed by atoms with Crippen LogP contribution in [0.25, 0.3) is 0 Å². The zero-order valence-corrected chi connectivity index (χ0v) is 22.2. The number of likely N-dealkylation sites (N-methyl/N-ethyl adjacent to an activating group) is 1. The first-order chi connectivity index (χ1) is 17.9. The Kier molecular flexibility index (Phi) is 7.09. The Labute approximate surface area is 219 Å². The number of rotatable bonds is 5. The van der Waals surface area contributed by atoms with Gasteiger partial charge in [0.05, 0.1) is 23.6 Å². The number of nitriles is 1. The lowest BCUT2D eigenvalue weighted by Gasteiger charge is -2.37. The lowest BCUT2D eigenvalue weighted by molar-refractivity contribution is 0.352. The molecule has 0 aromatic heterocycles. The van der Waals surface area contributed by atoms with Gasteiger partial charge in [0.25, 0.3) is 0 Å². The number of hydrogen-bond acceptors (Lipinski definition) is 7. The van der Waals surface area contributed by atoms with Crippen LogP contribution in [-0.4, -0.2) is 66.7 Å². The van der Waals surface area contributed by atoms with Crippen LogP contribution in [0.3, 0.4) is 0 Å². The zero-order chi connectivity index (χ0) is 26.0. The summed E-state index contributed by atoms with van der Waals surface area (Å²) in [6.07, 6.45) is 1.71. The molecule has 3 aromatic carbocycles. The molecule has 8 heteroatoms. The van der Waals surface area contributed by atoms with E-state index in [2.05, 4.69) is 27.8 Å². The third-order valence-electron chi connectivity index (χ3n) is 7.45. The van der Waals surface area contributed by atoms with Crippen LogP contribution in [0.1, 0.15) is 16.7 Å². The number of fused-ring (bicyclic) bond motifs is 1. The fourth-order valence-electron chi connectivity index (χ4n) is 5.15. The second-order valence-electron chi connectivity index (χ2n) is 9.71. The number of ether oxygens (including phenoxy) is 1. The first kappa shape index (κ1) is 25.1. The predicted octanol–water partition coefficient (Wildman–Crippen LogP) is 3.76. The van der Waals surface area contributed by atoms with Gasteiger partial charge in [-0.15, -0.1) is 0 Å². The number of methoxy groups -OCH3 is 1. The molecule has 0 spiro atoms. The van der Waals surface area contributed by atoms with Crippen LogP contribution in [0.2, 0.25) is 0 Å². The highest BCUT2D eigenvalue weighted by atomic mass is 32.2. The molecule has 0 N–H and O–H groups in total. The van der Waals surface area contributed by atoms with Crippen molar-refractivity contribution in [1.29, 1.82) is 5.26 Å². The molecule has 5 rings (SSSR count). The van der Waals surface area contributed by atoms with Gasteiger partial charge in [-0.1, -0.05) is 0 Å². The minimum atomic E-state index is -3.73. The molecule has 37 heavy (non-hydrogen) atoms. The third-order valence-corrected chi connectivity index (χ3v) is 9.25. The van der Waals surface area contributed by atoms with E-state index in [1.54, 1.807) is 12.1 Å².